The number of esters is 2. The highest BCUT2D eigenvalue weighted by atomic mass is 16.6. The first-order valence-electron chi connectivity index (χ1n) is 6.64. The van der Waals surface area contributed by atoms with Gasteiger partial charge in [-0.05, 0) is 12.1 Å². The average molecular weight is 309 g/mol. The molecule has 0 bridgehead atoms. The Balaban J connectivity index is 1.99. The van der Waals surface area contributed by atoms with Crippen molar-refractivity contribution in [3.8, 4) is 0 Å². The highest BCUT2D eigenvalue weighted by Crippen LogP contribution is 1.99. The van der Waals surface area contributed by atoms with Crippen molar-refractivity contribution in [1.82, 2.24) is 4.98 Å². The summed E-state index contributed by atoms with van der Waals surface area (Å²) in [4.78, 5) is 26.4. The Hall–Kier alpha value is -2.25. The molecule has 0 aromatic carbocycles. The lowest BCUT2D eigenvalue weighted by Gasteiger charge is -2.07. The molecule has 0 spiro atoms. The predicted octanol–water partition coefficient (Wildman–Crippen LogP) is 1.00. The molecule has 120 valence electrons. The fraction of sp³-hybridized carbons (Fsp3) is 0.400. The van der Waals surface area contributed by atoms with Crippen LogP contribution in [0.25, 0.3) is 0 Å². The molecule has 0 amide bonds. The molecule has 7 nitrogen and oxygen atoms in total. The van der Waals surface area contributed by atoms with Gasteiger partial charge in [-0.25, -0.2) is 9.59 Å². The van der Waals surface area contributed by atoms with Crippen molar-refractivity contribution >= 4 is 11.9 Å². The van der Waals surface area contributed by atoms with Gasteiger partial charge in [-0.1, -0.05) is 6.58 Å². The van der Waals surface area contributed by atoms with Gasteiger partial charge >= 0.3 is 11.9 Å². The van der Waals surface area contributed by atoms with E-state index in [2.05, 4.69) is 16.3 Å². The van der Waals surface area contributed by atoms with Gasteiger partial charge in [0.15, 0.2) is 0 Å². The Bertz CT molecular complexity index is 488. The highest BCUT2D eigenvalue weighted by Gasteiger charge is 2.06. The topological polar surface area (TPSA) is 84.0 Å². The Morgan fingerprint density at radius 2 is 1.73 bits per heavy atom. The van der Waals surface area contributed by atoms with E-state index < -0.39 is 11.9 Å². The lowest BCUT2D eigenvalue weighted by Crippen LogP contribution is -2.15. The molecule has 0 unspecified atom stereocenters. The van der Waals surface area contributed by atoms with Crippen molar-refractivity contribution < 1.29 is 28.5 Å². The summed E-state index contributed by atoms with van der Waals surface area (Å²) in [5.74, 6) is -0.916. The Labute approximate surface area is 128 Å². The Morgan fingerprint density at radius 3 is 2.41 bits per heavy atom. The van der Waals surface area contributed by atoms with Crippen molar-refractivity contribution in [3.05, 3.63) is 42.2 Å². The molecule has 0 radical (unpaired) electrons. The minimum Gasteiger partial charge on any atom is -0.466 e. The van der Waals surface area contributed by atoms with Gasteiger partial charge in [-0.2, -0.15) is 0 Å². The molecule has 1 aromatic heterocycles. The van der Waals surface area contributed by atoms with Crippen LogP contribution in [0.15, 0.2) is 36.7 Å². The first kappa shape index (κ1) is 17.8. The fourth-order valence-electron chi connectivity index (χ4n) is 1.38. The summed E-state index contributed by atoms with van der Waals surface area (Å²) in [6, 6.07) is 3.15. The van der Waals surface area contributed by atoms with Crippen LogP contribution < -0.4 is 0 Å². The van der Waals surface area contributed by atoms with E-state index in [1.807, 2.05) is 0 Å². The maximum atomic E-state index is 11.6. The highest BCUT2D eigenvalue weighted by molar-refractivity contribution is 5.89. The molecule has 0 aliphatic carbocycles. The van der Waals surface area contributed by atoms with Crippen LogP contribution in [0.4, 0.5) is 0 Å². The van der Waals surface area contributed by atoms with Crippen molar-refractivity contribution in [2.45, 2.75) is 0 Å². The molecule has 7 heteroatoms. The molecule has 1 heterocycles. The molecule has 0 saturated carbocycles. The second kappa shape index (κ2) is 10.5. The number of hydrogen-bond acceptors (Lipinski definition) is 7. The third-order valence-electron chi connectivity index (χ3n) is 2.50. The molecule has 0 aliphatic rings. The summed E-state index contributed by atoms with van der Waals surface area (Å²) in [6.07, 6.45) is 3.04. The van der Waals surface area contributed by atoms with E-state index in [0.717, 1.165) is 0 Å². The van der Waals surface area contributed by atoms with Gasteiger partial charge in [0.05, 0.1) is 44.7 Å². The minimum atomic E-state index is -0.496. The molecule has 0 fully saturated rings. The predicted molar refractivity (Wildman–Crippen MR) is 77.3 cm³/mol. The van der Waals surface area contributed by atoms with Gasteiger partial charge in [-0.15, -0.1) is 0 Å². The van der Waals surface area contributed by atoms with Crippen LogP contribution in [0.5, 0.6) is 0 Å². The van der Waals surface area contributed by atoms with Gasteiger partial charge in [0, 0.05) is 12.4 Å². The van der Waals surface area contributed by atoms with E-state index in [9.17, 15) is 9.59 Å². The van der Waals surface area contributed by atoms with Crippen LogP contribution in [0.2, 0.25) is 0 Å². The van der Waals surface area contributed by atoms with Gasteiger partial charge in [0.1, 0.15) is 6.61 Å². The molecule has 0 saturated heterocycles. The van der Waals surface area contributed by atoms with Crippen LogP contribution in [-0.4, -0.2) is 57.1 Å². The summed E-state index contributed by atoms with van der Waals surface area (Å²) >= 11 is 0. The number of methoxy groups -OCH3 is 1. The maximum absolute atomic E-state index is 11.6. The zero-order chi connectivity index (χ0) is 16.2. The molecular weight excluding hydrogens is 290 g/mol. The van der Waals surface area contributed by atoms with Gasteiger partial charge in [0.25, 0.3) is 0 Å². The van der Waals surface area contributed by atoms with E-state index in [4.69, 9.17) is 14.2 Å². The SMILES string of the molecule is C=C(COCCOCCOC(=O)c1ccncc1)C(=O)OC. The normalized spacial score (nSPS) is 10.0. The van der Waals surface area contributed by atoms with Crippen LogP contribution in [0.3, 0.4) is 0 Å². The molecule has 1 aromatic rings. The number of hydrogen-bond donors (Lipinski definition) is 0. The Morgan fingerprint density at radius 1 is 1.09 bits per heavy atom. The van der Waals surface area contributed by atoms with E-state index in [1.165, 1.54) is 19.5 Å². The zero-order valence-corrected chi connectivity index (χ0v) is 12.4. The van der Waals surface area contributed by atoms with E-state index >= 15 is 0 Å². The molecule has 0 N–H and O–H groups in total. The fourth-order valence-corrected chi connectivity index (χ4v) is 1.38. The monoisotopic (exact) mass is 309 g/mol. The number of aromatic nitrogens is 1. The lowest BCUT2D eigenvalue weighted by molar-refractivity contribution is -0.136. The molecule has 0 aliphatic heterocycles. The number of carbonyl (C=O) groups excluding carboxylic acids is 2. The third-order valence-corrected chi connectivity index (χ3v) is 2.50. The number of pyridine rings is 1. The number of rotatable bonds is 10. The first-order chi connectivity index (χ1) is 10.6. The summed E-state index contributed by atoms with van der Waals surface area (Å²) in [6.45, 7) is 4.64. The summed E-state index contributed by atoms with van der Waals surface area (Å²) in [5, 5.41) is 0. The number of carbonyl (C=O) groups is 2. The van der Waals surface area contributed by atoms with E-state index in [0.29, 0.717) is 18.8 Å². The maximum Gasteiger partial charge on any atom is 0.338 e. The second-order valence-corrected chi connectivity index (χ2v) is 4.13. The number of nitrogens with zero attached hydrogens (tertiary/aromatic N) is 1. The van der Waals surface area contributed by atoms with Crippen molar-refractivity contribution in [2.24, 2.45) is 0 Å². The zero-order valence-electron chi connectivity index (χ0n) is 12.4. The molecule has 1 rings (SSSR count). The molecule has 0 atom stereocenters. The quantitative estimate of drug-likeness (QED) is 0.362. The van der Waals surface area contributed by atoms with E-state index in [1.54, 1.807) is 12.1 Å². The standard InChI is InChI=1S/C15H19NO6/c1-12(14(17)19-2)11-21-8-7-20-9-10-22-15(18)13-3-5-16-6-4-13/h3-6H,1,7-11H2,2H3. The minimum absolute atomic E-state index is 0.0903. The van der Waals surface area contributed by atoms with Gasteiger partial charge in [0.2, 0.25) is 0 Å². The van der Waals surface area contributed by atoms with Crippen LogP contribution in [-0.2, 0) is 23.7 Å². The largest absolute Gasteiger partial charge is 0.466 e. The van der Waals surface area contributed by atoms with Crippen LogP contribution in [0, 0.1) is 0 Å². The van der Waals surface area contributed by atoms with Crippen molar-refractivity contribution in [1.29, 1.82) is 0 Å². The van der Waals surface area contributed by atoms with Crippen LogP contribution >= 0.6 is 0 Å². The molecular formula is C15H19NO6. The Kier molecular flexibility index (Phi) is 8.47. The van der Waals surface area contributed by atoms with Crippen LogP contribution in [0.1, 0.15) is 10.4 Å². The summed E-state index contributed by atoms with van der Waals surface area (Å²) in [5.41, 5.74) is 0.688. The third kappa shape index (κ3) is 6.96. The van der Waals surface area contributed by atoms with E-state index in [-0.39, 0.29) is 25.4 Å². The average Bonchev–Trinajstić information content (AvgIpc) is 2.56. The summed E-state index contributed by atoms with van der Waals surface area (Å²) < 4.78 is 19.9. The first-order valence-corrected chi connectivity index (χ1v) is 6.64. The van der Waals surface area contributed by atoms with Gasteiger partial charge in [-0.3, -0.25) is 4.98 Å². The second-order valence-electron chi connectivity index (χ2n) is 4.13. The summed E-state index contributed by atoms with van der Waals surface area (Å²) in [7, 11) is 1.28. The lowest BCUT2D eigenvalue weighted by atomic mass is 10.3. The molecule has 22 heavy (non-hydrogen) atoms. The van der Waals surface area contributed by atoms with Crippen molar-refractivity contribution in [2.75, 3.05) is 40.1 Å². The smallest absolute Gasteiger partial charge is 0.338 e. The van der Waals surface area contributed by atoms with Crippen molar-refractivity contribution in [3.63, 3.8) is 0 Å². The van der Waals surface area contributed by atoms with Gasteiger partial charge < -0.3 is 18.9 Å². The number of ether oxygens (including phenoxy) is 4.